The van der Waals surface area contributed by atoms with E-state index in [0.29, 0.717) is 33.0 Å². The van der Waals surface area contributed by atoms with E-state index < -0.39 is 23.6 Å². The summed E-state index contributed by atoms with van der Waals surface area (Å²) in [5.41, 5.74) is 2.96. The quantitative estimate of drug-likeness (QED) is 0.435. The Labute approximate surface area is 195 Å². The van der Waals surface area contributed by atoms with E-state index in [-0.39, 0.29) is 13.1 Å². The Bertz CT molecular complexity index is 1340. The Hall–Kier alpha value is -4.58. The fourth-order valence-electron chi connectivity index (χ4n) is 4.79. The van der Waals surface area contributed by atoms with Gasteiger partial charge in [0.1, 0.15) is 0 Å². The van der Waals surface area contributed by atoms with Gasteiger partial charge in [-0.3, -0.25) is 29.0 Å². The molecule has 4 amide bonds. The largest absolute Gasteiger partial charge is 0.270 e. The van der Waals surface area contributed by atoms with Crippen molar-refractivity contribution in [1.82, 2.24) is 9.80 Å². The van der Waals surface area contributed by atoms with Crippen LogP contribution in [0.25, 0.3) is 10.8 Å². The second-order valence-corrected chi connectivity index (χ2v) is 8.44. The highest BCUT2D eigenvalue weighted by molar-refractivity contribution is 6.33. The number of nitrogens with zero attached hydrogens (tertiary/aromatic N) is 2. The summed E-state index contributed by atoms with van der Waals surface area (Å²) in [6.07, 6.45) is 0. The van der Waals surface area contributed by atoms with Crippen LogP contribution in [0.4, 0.5) is 0 Å². The molecule has 0 saturated carbocycles. The molecule has 0 aromatic heterocycles. The van der Waals surface area contributed by atoms with Gasteiger partial charge in [-0.25, -0.2) is 0 Å². The van der Waals surface area contributed by atoms with E-state index in [2.05, 4.69) is 0 Å². The normalized spacial score (nSPS) is 14.8. The lowest BCUT2D eigenvalue weighted by atomic mass is 9.85. The molecule has 6 heteroatoms. The molecule has 0 N–H and O–H groups in total. The van der Waals surface area contributed by atoms with Crippen LogP contribution in [0.5, 0.6) is 0 Å². The Kier molecular flexibility index (Phi) is 4.42. The molecule has 4 aromatic rings. The van der Waals surface area contributed by atoms with E-state index in [4.69, 9.17) is 0 Å². The first-order valence-electron chi connectivity index (χ1n) is 10.9. The van der Waals surface area contributed by atoms with Gasteiger partial charge < -0.3 is 0 Å². The average molecular weight is 446 g/mol. The van der Waals surface area contributed by atoms with Gasteiger partial charge in [0, 0.05) is 33.0 Å². The molecule has 0 spiro atoms. The van der Waals surface area contributed by atoms with E-state index in [1.54, 1.807) is 24.3 Å². The van der Waals surface area contributed by atoms with Crippen LogP contribution in [0.1, 0.15) is 52.6 Å². The van der Waals surface area contributed by atoms with Crippen LogP contribution in [0.15, 0.2) is 84.9 Å². The van der Waals surface area contributed by atoms with Gasteiger partial charge in [0.25, 0.3) is 23.6 Å². The molecule has 34 heavy (non-hydrogen) atoms. The molecular formula is C28H18N2O4. The highest BCUT2D eigenvalue weighted by Crippen LogP contribution is 2.38. The summed E-state index contributed by atoms with van der Waals surface area (Å²) < 4.78 is 0. The van der Waals surface area contributed by atoms with Crippen LogP contribution < -0.4 is 0 Å². The SMILES string of the molecule is O=C1c2ccc3c4c(ccc(c24)C(=O)N1Cc1ccccc1)C(=O)N(Cc1ccccc1)C3=O. The number of carbonyl (C=O) groups is 4. The smallest absolute Gasteiger partial charge is 0.261 e. The van der Waals surface area contributed by atoms with Crippen LogP contribution in [-0.4, -0.2) is 33.4 Å². The van der Waals surface area contributed by atoms with Gasteiger partial charge in [-0.05, 0) is 35.4 Å². The lowest BCUT2D eigenvalue weighted by Crippen LogP contribution is -2.42. The van der Waals surface area contributed by atoms with Crippen molar-refractivity contribution < 1.29 is 19.2 Å². The number of rotatable bonds is 4. The molecule has 0 saturated heterocycles. The fraction of sp³-hybridized carbons (Fsp3) is 0.0714. The van der Waals surface area contributed by atoms with Gasteiger partial charge in [-0.2, -0.15) is 0 Å². The minimum Gasteiger partial charge on any atom is -0.270 e. The molecule has 0 bridgehead atoms. The zero-order valence-electron chi connectivity index (χ0n) is 18.0. The number of imide groups is 2. The van der Waals surface area contributed by atoms with Crippen LogP contribution in [0.3, 0.4) is 0 Å². The van der Waals surface area contributed by atoms with Gasteiger partial charge in [-0.15, -0.1) is 0 Å². The third kappa shape index (κ3) is 2.89. The monoisotopic (exact) mass is 446 g/mol. The lowest BCUT2D eigenvalue weighted by molar-refractivity contribution is 0.0577. The summed E-state index contributed by atoms with van der Waals surface area (Å²) in [4.78, 5) is 55.8. The van der Waals surface area contributed by atoms with Crippen LogP contribution in [-0.2, 0) is 13.1 Å². The van der Waals surface area contributed by atoms with Crippen LogP contribution >= 0.6 is 0 Å². The zero-order valence-corrected chi connectivity index (χ0v) is 18.0. The predicted octanol–water partition coefficient (Wildman–Crippen LogP) is 4.43. The van der Waals surface area contributed by atoms with Crippen molar-refractivity contribution >= 4 is 34.4 Å². The second kappa shape index (κ2) is 7.49. The molecule has 0 fully saturated rings. The molecular weight excluding hydrogens is 428 g/mol. The van der Waals surface area contributed by atoms with Gasteiger partial charge in [0.15, 0.2) is 0 Å². The first-order valence-corrected chi connectivity index (χ1v) is 10.9. The van der Waals surface area contributed by atoms with E-state index in [0.717, 1.165) is 11.1 Å². The zero-order chi connectivity index (χ0) is 23.4. The van der Waals surface area contributed by atoms with Crippen molar-refractivity contribution in [3.63, 3.8) is 0 Å². The molecule has 2 aliphatic heterocycles. The summed E-state index contributed by atoms with van der Waals surface area (Å²) >= 11 is 0. The second-order valence-electron chi connectivity index (χ2n) is 8.44. The molecule has 0 unspecified atom stereocenters. The average Bonchev–Trinajstić information content (AvgIpc) is 2.87. The van der Waals surface area contributed by atoms with Crippen molar-refractivity contribution in [3.8, 4) is 0 Å². The molecule has 0 radical (unpaired) electrons. The van der Waals surface area contributed by atoms with Crippen molar-refractivity contribution in [2.45, 2.75) is 13.1 Å². The first kappa shape index (κ1) is 20.1. The number of hydrogen-bond acceptors (Lipinski definition) is 4. The predicted molar refractivity (Wildman–Crippen MR) is 125 cm³/mol. The molecule has 6 nitrogen and oxygen atoms in total. The molecule has 2 aliphatic rings. The minimum absolute atomic E-state index is 0.145. The van der Waals surface area contributed by atoms with E-state index in [1.165, 1.54) is 9.80 Å². The number of amides is 4. The lowest BCUT2D eigenvalue weighted by Gasteiger charge is -2.32. The number of hydrogen-bond donors (Lipinski definition) is 0. The molecule has 6 rings (SSSR count). The summed E-state index contributed by atoms with van der Waals surface area (Å²) in [5, 5.41) is 0.769. The summed E-state index contributed by atoms with van der Waals surface area (Å²) in [5.74, 6) is -1.73. The molecule has 164 valence electrons. The Morgan fingerprint density at radius 3 is 1.00 bits per heavy atom. The summed E-state index contributed by atoms with van der Waals surface area (Å²) in [7, 11) is 0. The van der Waals surface area contributed by atoms with Crippen molar-refractivity contribution in [1.29, 1.82) is 0 Å². The fourth-order valence-corrected chi connectivity index (χ4v) is 4.79. The number of carbonyl (C=O) groups excluding carboxylic acids is 4. The van der Waals surface area contributed by atoms with E-state index in [1.807, 2.05) is 60.7 Å². The van der Waals surface area contributed by atoms with Crippen molar-refractivity contribution in [2.75, 3.05) is 0 Å². The molecule has 0 atom stereocenters. The Morgan fingerprint density at radius 1 is 0.412 bits per heavy atom. The third-order valence-electron chi connectivity index (χ3n) is 6.43. The van der Waals surface area contributed by atoms with Gasteiger partial charge in [-0.1, -0.05) is 60.7 Å². The van der Waals surface area contributed by atoms with Gasteiger partial charge in [0.2, 0.25) is 0 Å². The third-order valence-corrected chi connectivity index (χ3v) is 6.43. The maximum atomic E-state index is 13.3. The maximum Gasteiger partial charge on any atom is 0.261 e. The molecule has 2 heterocycles. The highest BCUT2D eigenvalue weighted by atomic mass is 16.2. The van der Waals surface area contributed by atoms with Crippen molar-refractivity contribution in [3.05, 3.63) is 118 Å². The van der Waals surface area contributed by atoms with Crippen LogP contribution in [0, 0.1) is 0 Å². The van der Waals surface area contributed by atoms with Crippen LogP contribution in [0.2, 0.25) is 0 Å². The molecule has 0 aliphatic carbocycles. The molecule has 4 aromatic carbocycles. The maximum absolute atomic E-state index is 13.3. The first-order chi connectivity index (χ1) is 16.5. The van der Waals surface area contributed by atoms with Gasteiger partial charge in [0.05, 0.1) is 13.1 Å². The minimum atomic E-state index is -0.434. The Morgan fingerprint density at radius 2 is 0.706 bits per heavy atom. The highest BCUT2D eigenvalue weighted by Gasteiger charge is 2.39. The van der Waals surface area contributed by atoms with Crippen molar-refractivity contribution in [2.24, 2.45) is 0 Å². The standard InChI is InChI=1S/C28H18N2O4/c31-25-19-11-13-21-24-22(28(34)30(27(21)33)16-18-9-5-2-6-10-18)14-12-20(23(19)24)26(32)29(25)15-17-7-3-1-4-8-17/h1-14H,15-16H2. The summed E-state index contributed by atoms with van der Waals surface area (Å²) in [6, 6.07) is 24.9. The Balaban J connectivity index is 1.46. The topological polar surface area (TPSA) is 74.8 Å². The number of benzene rings is 4. The summed E-state index contributed by atoms with van der Waals surface area (Å²) in [6.45, 7) is 0.289. The van der Waals surface area contributed by atoms with Gasteiger partial charge >= 0.3 is 0 Å². The van der Waals surface area contributed by atoms with E-state index >= 15 is 0 Å². The van der Waals surface area contributed by atoms with E-state index in [9.17, 15) is 19.2 Å².